The third-order valence-electron chi connectivity index (χ3n) is 4.10. The van der Waals surface area contributed by atoms with Crippen molar-refractivity contribution in [3.05, 3.63) is 29.8 Å². The van der Waals surface area contributed by atoms with Gasteiger partial charge in [-0.05, 0) is 57.7 Å². The van der Waals surface area contributed by atoms with Gasteiger partial charge in [0.05, 0.1) is 10.4 Å². The van der Waals surface area contributed by atoms with Crippen molar-refractivity contribution in [3.8, 4) is 0 Å². The topological polar surface area (TPSA) is 101 Å². The highest BCUT2D eigenvalue weighted by atomic mass is 35.5. The second kappa shape index (κ2) is 7.82. The summed E-state index contributed by atoms with van der Waals surface area (Å²) in [5, 5.41) is 2.96. The van der Waals surface area contributed by atoms with Gasteiger partial charge in [-0.15, -0.1) is 12.4 Å². The van der Waals surface area contributed by atoms with Gasteiger partial charge < -0.3 is 11.1 Å². The average molecular weight is 376 g/mol. The van der Waals surface area contributed by atoms with Gasteiger partial charge in [0.2, 0.25) is 10.0 Å². The molecule has 6 nitrogen and oxygen atoms in total. The van der Waals surface area contributed by atoms with E-state index in [4.69, 9.17) is 5.73 Å². The maximum atomic E-state index is 12.5. The predicted molar refractivity (Wildman–Crippen MR) is 96.8 cm³/mol. The van der Waals surface area contributed by atoms with Crippen molar-refractivity contribution in [2.45, 2.75) is 50.1 Å². The number of benzene rings is 1. The predicted octanol–water partition coefficient (Wildman–Crippen LogP) is 1.65. The first kappa shape index (κ1) is 20.9. The maximum absolute atomic E-state index is 12.5. The first-order valence-electron chi connectivity index (χ1n) is 7.83. The Morgan fingerprint density at radius 1 is 1.38 bits per heavy atom. The lowest BCUT2D eigenvalue weighted by molar-refractivity contribution is 0.0897. The smallest absolute Gasteiger partial charge is 0.251 e. The van der Waals surface area contributed by atoms with Crippen LogP contribution in [0.5, 0.6) is 0 Å². The van der Waals surface area contributed by atoms with Crippen molar-refractivity contribution in [1.29, 1.82) is 0 Å². The van der Waals surface area contributed by atoms with E-state index in [-0.39, 0.29) is 29.3 Å². The Labute approximate surface area is 150 Å². The highest BCUT2D eigenvalue weighted by Crippen LogP contribution is 2.39. The molecule has 4 N–H and O–H groups in total. The summed E-state index contributed by atoms with van der Waals surface area (Å²) in [5.41, 5.74) is 5.68. The summed E-state index contributed by atoms with van der Waals surface area (Å²) in [6.45, 7) is 5.78. The highest BCUT2D eigenvalue weighted by molar-refractivity contribution is 7.89. The molecule has 1 aliphatic rings. The van der Waals surface area contributed by atoms with Crippen LogP contribution < -0.4 is 15.8 Å². The highest BCUT2D eigenvalue weighted by Gasteiger charge is 2.41. The number of halogens is 1. The summed E-state index contributed by atoms with van der Waals surface area (Å²) in [6.07, 6.45) is 2.11. The largest absolute Gasteiger partial charge is 0.345 e. The summed E-state index contributed by atoms with van der Waals surface area (Å²) in [4.78, 5) is 12.6. The standard InChI is InChI=1S/C16H25N3O3S.ClH/c1-11(2)19-23(21,22)14-6-4-5-12(9-14)15(20)18-16(3,10-17)13-7-8-13;/h4-6,9,11,13,19H,7-8,10,17H2,1-3H3,(H,18,20);1H. The Balaban J connectivity index is 0.00000288. The van der Waals surface area contributed by atoms with Crippen LogP contribution in [0.1, 0.15) is 44.0 Å². The van der Waals surface area contributed by atoms with E-state index in [0.717, 1.165) is 12.8 Å². The molecule has 0 spiro atoms. The van der Waals surface area contributed by atoms with Gasteiger partial charge in [-0.3, -0.25) is 4.79 Å². The SMILES string of the molecule is CC(C)NS(=O)(=O)c1cccc(C(=O)NC(C)(CN)C2CC2)c1.Cl. The number of hydrogen-bond acceptors (Lipinski definition) is 4. The number of hydrogen-bond donors (Lipinski definition) is 3. The lowest BCUT2D eigenvalue weighted by atomic mass is 9.95. The second-order valence-electron chi connectivity index (χ2n) is 6.65. The van der Waals surface area contributed by atoms with Crippen LogP contribution in [0.4, 0.5) is 0 Å². The molecular formula is C16H26ClN3O3S. The van der Waals surface area contributed by atoms with Gasteiger partial charge in [0.15, 0.2) is 0 Å². The summed E-state index contributed by atoms with van der Waals surface area (Å²) < 4.78 is 26.9. The van der Waals surface area contributed by atoms with Crippen molar-refractivity contribution in [2.24, 2.45) is 11.7 Å². The fraction of sp³-hybridized carbons (Fsp3) is 0.562. The van der Waals surface area contributed by atoms with Crippen molar-refractivity contribution < 1.29 is 13.2 Å². The van der Waals surface area contributed by atoms with Crippen LogP contribution in [0.15, 0.2) is 29.2 Å². The first-order valence-corrected chi connectivity index (χ1v) is 9.31. The van der Waals surface area contributed by atoms with E-state index in [1.54, 1.807) is 26.0 Å². The number of nitrogens with two attached hydrogens (primary N) is 1. The molecule has 1 unspecified atom stereocenters. The number of carbonyl (C=O) groups is 1. The van der Waals surface area contributed by atoms with E-state index < -0.39 is 15.6 Å². The molecule has 0 heterocycles. The molecular weight excluding hydrogens is 350 g/mol. The van der Waals surface area contributed by atoms with E-state index in [1.165, 1.54) is 12.1 Å². The zero-order valence-corrected chi connectivity index (χ0v) is 15.8. The molecule has 8 heteroatoms. The zero-order chi connectivity index (χ0) is 17.3. The quantitative estimate of drug-likeness (QED) is 0.674. The Kier molecular flexibility index (Phi) is 6.81. The van der Waals surface area contributed by atoms with E-state index in [2.05, 4.69) is 10.0 Å². The van der Waals surface area contributed by atoms with Gasteiger partial charge in [-0.1, -0.05) is 6.07 Å². The summed E-state index contributed by atoms with van der Waals surface area (Å²) in [5.74, 6) is 0.0948. The Hall–Kier alpha value is -1.15. The minimum atomic E-state index is -3.62. The monoisotopic (exact) mass is 375 g/mol. The molecule has 1 fully saturated rings. The molecule has 1 aliphatic carbocycles. The molecule has 0 aliphatic heterocycles. The molecule has 0 saturated heterocycles. The number of sulfonamides is 1. The zero-order valence-electron chi connectivity index (χ0n) is 14.2. The molecule has 1 amide bonds. The normalized spacial score (nSPS) is 17.0. The summed E-state index contributed by atoms with van der Waals surface area (Å²) >= 11 is 0. The fourth-order valence-corrected chi connectivity index (χ4v) is 3.85. The van der Waals surface area contributed by atoms with E-state index in [1.807, 2.05) is 6.92 Å². The van der Waals surface area contributed by atoms with Gasteiger partial charge in [0.1, 0.15) is 0 Å². The third kappa shape index (κ3) is 4.92. The molecule has 1 aromatic carbocycles. The summed E-state index contributed by atoms with van der Waals surface area (Å²) in [7, 11) is -3.62. The van der Waals surface area contributed by atoms with Gasteiger partial charge in [-0.25, -0.2) is 13.1 Å². The van der Waals surface area contributed by atoms with Crippen LogP contribution in [0.3, 0.4) is 0 Å². The fourth-order valence-electron chi connectivity index (χ4n) is 2.55. The minimum Gasteiger partial charge on any atom is -0.345 e. The van der Waals surface area contributed by atoms with Crippen molar-refractivity contribution in [3.63, 3.8) is 0 Å². The first-order chi connectivity index (χ1) is 10.7. The van der Waals surface area contributed by atoms with E-state index in [0.29, 0.717) is 18.0 Å². The third-order valence-corrected chi connectivity index (χ3v) is 5.76. The van der Waals surface area contributed by atoms with Gasteiger partial charge >= 0.3 is 0 Å². The van der Waals surface area contributed by atoms with Crippen LogP contribution in [-0.2, 0) is 10.0 Å². The molecule has 24 heavy (non-hydrogen) atoms. The van der Waals surface area contributed by atoms with Crippen LogP contribution in [-0.4, -0.2) is 32.5 Å². The van der Waals surface area contributed by atoms with Crippen molar-refractivity contribution in [1.82, 2.24) is 10.0 Å². The summed E-state index contributed by atoms with van der Waals surface area (Å²) in [6, 6.07) is 5.83. The molecule has 0 radical (unpaired) electrons. The molecule has 1 aromatic rings. The second-order valence-corrected chi connectivity index (χ2v) is 8.37. The molecule has 1 saturated carbocycles. The Bertz CT molecular complexity index is 690. The van der Waals surface area contributed by atoms with Gasteiger partial charge in [0, 0.05) is 18.2 Å². The molecule has 2 rings (SSSR count). The lowest BCUT2D eigenvalue weighted by Crippen LogP contribution is -2.53. The molecule has 0 aromatic heterocycles. The minimum absolute atomic E-state index is 0. The van der Waals surface area contributed by atoms with Crippen molar-refractivity contribution >= 4 is 28.3 Å². The molecule has 1 atom stereocenters. The molecule has 0 bridgehead atoms. The number of amides is 1. The lowest BCUT2D eigenvalue weighted by Gasteiger charge is -2.29. The van der Waals surface area contributed by atoms with Gasteiger partial charge in [0.25, 0.3) is 5.91 Å². The van der Waals surface area contributed by atoms with Crippen LogP contribution in [0.25, 0.3) is 0 Å². The maximum Gasteiger partial charge on any atom is 0.251 e. The number of nitrogens with one attached hydrogen (secondary N) is 2. The number of rotatable bonds is 7. The van der Waals surface area contributed by atoms with Crippen LogP contribution in [0.2, 0.25) is 0 Å². The van der Waals surface area contributed by atoms with Crippen molar-refractivity contribution in [2.75, 3.05) is 6.54 Å². The van der Waals surface area contributed by atoms with Crippen LogP contribution >= 0.6 is 12.4 Å². The average Bonchev–Trinajstić information content (AvgIpc) is 3.31. The number of carbonyl (C=O) groups excluding carboxylic acids is 1. The Morgan fingerprint density at radius 2 is 2.00 bits per heavy atom. The molecule has 136 valence electrons. The van der Waals surface area contributed by atoms with E-state index in [9.17, 15) is 13.2 Å². The van der Waals surface area contributed by atoms with E-state index >= 15 is 0 Å². The Morgan fingerprint density at radius 3 is 2.50 bits per heavy atom. The van der Waals surface area contributed by atoms with Gasteiger partial charge in [-0.2, -0.15) is 0 Å². The van der Waals surface area contributed by atoms with Crippen LogP contribution in [0, 0.1) is 5.92 Å².